The number of pyridine rings is 1. The molecule has 1 aromatic rings. The summed E-state index contributed by atoms with van der Waals surface area (Å²) < 4.78 is 0. The Labute approximate surface area is 94.7 Å². The van der Waals surface area contributed by atoms with Crippen molar-refractivity contribution in [3.63, 3.8) is 0 Å². The van der Waals surface area contributed by atoms with E-state index in [9.17, 15) is 4.79 Å². The molecule has 16 heavy (non-hydrogen) atoms. The summed E-state index contributed by atoms with van der Waals surface area (Å²) in [6, 6.07) is 3.57. The van der Waals surface area contributed by atoms with Crippen molar-refractivity contribution in [2.45, 2.75) is 0 Å². The number of amides is 1. The Morgan fingerprint density at radius 2 is 1.88 bits per heavy atom. The molecule has 0 spiro atoms. The summed E-state index contributed by atoms with van der Waals surface area (Å²) in [4.78, 5) is 18.1. The molecule has 1 N–H and O–H groups in total. The van der Waals surface area contributed by atoms with E-state index in [1.54, 1.807) is 24.5 Å². The Bertz CT molecular complexity index is 381. The van der Waals surface area contributed by atoms with E-state index in [-0.39, 0.29) is 5.91 Å². The maximum absolute atomic E-state index is 12.2. The monoisotopic (exact) mass is 217 g/mol. The highest BCUT2D eigenvalue weighted by Crippen LogP contribution is 2.27. The molecule has 4 nitrogen and oxygen atoms in total. The normalized spacial score (nSPS) is 28.1. The van der Waals surface area contributed by atoms with Gasteiger partial charge in [0, 0.05) is 44.1 Å². The molecule has 0 aromatic carbocycles. The van der Waals surface area contributed by atoms with Crippen molar-refractivity contribution in [3.05, 3.63) is 30.1 Å². The van der Waals surface area contributed by atoms with Crippen molar-refractivity contribution >= 4 is 5.91 Å². The van der Waals surface area contributed by atoms with E-state index in [2.05, 4.69) is 10.3 Å². The maximum Gasteiger partial charge on any atom is 0.253 e. The van der Waals surface area contributed by atoms with Crippen molar-refractivity contribution in [1.29, 1.82) is 0 Å². The van der Waals surface area contributed by atoms with E-state index in [1.165, 1.54) is 0 Å². The minimum Gasteiger partial charge on any atom is -0.338 e. The molecule has 2 fully saturated rings. The van der Waals surface area contributed by atoms with Crippen LogP contribution in [0.1, 0.15) is 10.4 Å². The van der Waals surface area contributed by atoms with Gasteiger partial charge in [0.2, 0.25) is 0 Å². The molecule has 0 aliphatic carbocycles. The summed E-state index contributed by atoms with van der Waals surface area (Å²) in [7, 11) is 0. The van der Waals surface area contributed by atoms with Gasteiger partial charge in [-0.05, 0) is 24.0 Å². The molecule has 0 radical (unpaired) electrons. The van der Waals surface area contributed by atoms with Gasteiger partial charge in [0.1, 0.15) is 0 Å². The number of likely N-dealkylation sites (tertiary alicyclic amines) is 1. The summed E-state index contributed by atoms with van der Waals surface area (Å²) in [5, 5.41) is 3.38. The average Bonchev–Trinajstić information content (AvgIpc) is 2.89. The molecule has 84 valence electrons. The minimum absolute atomic E-state index is 0.150. The van der Waals surface area contributed by atoms with E-state index < -0.39 is 0 Å². The lowest BCUT2D eigenvalue weighted by molar-refractivity contribution is 0.0781. The van der Waals surface area contributed by atoms with Crippen LogP contribution in [0.15, 0.2) is 24.5 Å². The fourth-order valence-corrected chi connectivity index (χ4v) is 2.70. The number of rotatable bonds is 1. The molecule has 2 saturated heterocycles. The second kappa shape index (κ2) is 3.87. The summed E-state index contributed by atoms with van der Waals surface area (Å²) in [6.45, 7) is 3.92. The Morgan fingerprint density at radius 3 is 2.50 bits per heavy atom. The number of carbonyl (C=O) groups excluding carboxylic acids is 1. The topological polar surface area (TPSA) is 45.2 Å². The first-order valence-electron chi connectivity index (χ1n) is 5.74. The molecule has 1 aromatic heterocycles. The third kappa shape index (κ3) is 1.59. The third-order valence-corrected chi connectivity index (χ3v) is 3.60. The number of fused-ring (bicyclic) bond motifs is 1. The average molecular weight is 217 g/mol. The highest BCUT2D eigenvalue weighted by atomic mass is 16.2. The number of nitrogens with one attached hydrogen (secondary N) is 1. The zero-order chi connectivity index (χ0) is 11.0. The van der Waals surface area contributed by atoms with Gasteiger partial charge in [-0.15, -0.1) is 0 Å². The Morgan fingerprint density at radius 1 is 1.25 bits per heavy atom. The maximum atomic E-state index is 12.2. The van der Waals surface area contributed by atoms with E-state index in [0.717, 1.165) is 31.7 Å². The Kier molecular flexibility index (Phi) is 2.36. The molecular formula is C12H15N3O. The van der Waals surface area contributed by atoms with Crippen molar-refractivity contribution in [2.24, 2.45) is 11.8 Å². The van der Waals surface area contributed by atoms with Crippen LogP contribution in [0.4, 0.5) is 0 Å². The van der Waals surface area contributed by atoms with Crippen LogP contribution in [-0.4, -0.2) is 42.0 Å². The van der Waals surface area contributed by atoms with Crippen LogP contribution in [0.2, 0.25) is 0 Å². The summed E-state index contributed by atoms with van der Waals surface area (Å²) in [5.74, 6) is 1.47. The number of hydrogen-bond donors (Lipinski definition) is 1. The predicted molar refractivity (Wildman–Crippen MR) is 60.0 cm³/mol. The molecule has 0 unspecified atom stereocenters. The number of carbonyl (C=O) groups is 1. The Hall–Kier alpha value is -1.42. The van der Waals surface area contributed by atoms with Crippen molar-refractivity contribution < 1.29 is 4.79 Å². The third-order valence-electron chi connectivity index (χ3n) is 3.60. The molecule has 1 amide bonds. The van der Waals surface area contributed by atoms with Gasteiger partial charge in [-0.3, -0.25) is 9.78 Å². The lowest BCUT2D eigenvalue weighted by Gasteiger charge is -2.17. The van der Waals surface area contributed by atoms with Crippen LogP contribution in [-0.2, 0) is 0 Å². The van der Waals surface area contributed by atoms with E-state index in [0.29, 0.717) is 11.8 Å². The van der Waals surface area contributed by atoms with Gasteiger partial charge < -0.3 is 10.2 Å². The van der Waals surface area contributed by atoms with Crippen LogP contribution in [0.3, 0.4) is 0 Å². The van der Waals surface area contributed by atoms with Crippen LogP contribution in [0, 0.1) is 11.8 Å². The van der Waals surface area contributed by atoms with Crippen molar-refractivity contribution in [2.75, 3.05) is 26.2 Å². The number of nitrogens with zero attached hydrogens (tertiary/aromatic N) is 2. The molecule has 4 heteroatoms. The highest BCUT2D eigenvalue weighted by molar-refractivity contribution is 5.94. The minimum atomic E-state index is 0.150. The number of hydrogen-bond acceptors (Lipinski definition) is 3. The fraction of sp³-hybridized carbons (Fsp3) is 0.500. The lowest BCUT2D eigenvalue weighted by Crippen LogP contribution is -2.31. The first-order chi connectivity index (χ1) is 7.84. The molecule has 0 bridgehead atoms. The SMILES string of the molecule is O=C(c1ccncc1)N1C[C@@H]2CNC[C@H]2C1. The van der Waals surface area contributed by atoms with Crippen LogP contribution >= 0.6 is 0 Å². The van der Waals surface area contributed by atoms with Gasteiger partial charge in [0.05, 0.1) is 0 Å². The van der Waals surface area contributed by atoms with Crippen LogP contribution in [0.5, 0.6) is 0 Å². The largest absolute Gasteiger partial charge is 0.338 e. The van der Waals surface area contributed by atoms with Gasteiger partial charge in [0.25, 0.3) is 5.91 Å². The second-order valence-electron chi connectivity index (χ2n) is 4.62. The summed E-state index contributed by atoms with van der Waals surface area (Å²) >= 11 is 0. The molecule has 3 heterocycles. The zero-order valence-corrected chi connectivity index (χ0v) is 9.10. The van der Waals surface area contributed by atoms with Gasteiger partial charge in [0.15, 0.2) is 0 Å². The van der Waals surface area contributed by atoms with Gasteiger partial charge in [-0.1, -0.05) is 0 Å². The molecule has 2 atom stereocenters. The summed E-state index contributed by atoms with van der Waals surface area (Å²) in [6.07, 6.45) is 3.34. The standard InChI is InChI=1S/C12H15N3O/c16-12(9-1-3-13-4-2-9)15-7-10-5-14-6-11(10)8-15/h1-4,10-11,14H,5-8H2/t10-,11-/m0/s1. The van der Waals surface area contributed by atoms with E-state index in [1.807, 2.05) is 4.90 Å². The van der Waals surface area contributed by atoms with Crippen molar-refractivity contribution in [1.82, 2.24) is 15.2 Å². The smallest absolute Gasteiger partial charge is 0.253 e. The fourth-order valence-electron chi connectivity index (χ4n) is 2.70. The van der Waals surface area contributed by atoms with E-state index in [4.69, 9.17) is 0 Å². The highest BCUT2D eigenvalue weighted by Gasteiger charge is 2.38. The molecular weight excluding hydrogens is 202 g/mol. The van der Waals surface area contributed by atoms with E-state index >= 15 is 0 Å². The second-order valence-corrected chi connectivity index (χ2v) is 4.62. The quantitative estimate of drug-likeness (QED) is 0.739. The van der Waals surface area contributed by atoms with Crippen LogP contribution in [0.25, 0.3) is 0 Å². The molecule has 0 saturated carbocycles. The lowest BCUT2D eigenvalue weighted by atomic mass is 10.0. The zero-order valence-electron chi connectivity index (χ0n) is 9.10. The first kappa shape index (κ1) is 9.78. The number of aromatic nitrogens is 1. The van der Waals surface area contributed by atoms with Crippen LogP contribution < -0.4 is 5.32 Å². The summed E-state index contributed by atoms with van der Waals surface area (Å²) in [5.41, 5.74) is 0.753. The predicted octanol–water partition coefficient (Wildman–Crippen LogP) is 0.373. The van der Waals surface area contributed by atoms with Crippen molar-refractivity contribution in [3.8, 4) is 0 Å². The Balaban J connectivity index is 1.73. The molecule has 2 aliphatic heterocycles. The van der Waals surface area contributed by atoms with Gasteiger partial charge in [-0.2, -0.15) is 0 Å². The molecule has 2 aliphatic rings. The first-order valence-corrected chi connectivity index (χ1v) is 5.74. The van der Waals surface area contributed by atoms with Gasteiger partial charge in [-0.25, -0.2) is 0 Å². The van der Waals surface area contributed by atoms with Gasteiger partial charge >= 0.3 is 0 Å². The molecule has 3 rings (SSSR count).